The van der Waals surface area contributed by atoms with Crippen molar-refractivity contribution in [2.24, 2.45) is 0 Å². The molecule has 3 aliphatic rings. The topological polar surface area (TPSA) is 0 Å². The van der Waals surface area contributed by atoms with Gasteiger partial charge < -0.3 is 0 Å². The SMILES string of the molecule is CCCCC1=CC[C]([Ti]2([C]3=CC(CCCC)=CC3)[CH2][CH2]2)=C1. The number of allylic oxidation sites excluding steroid dienone is 8. The molecule has 0 saturated carbocycles. The van der Waals surface area contributed by atoms with E-state index in [2.05, 4.69) is 38.2 Å². The molecule has 1 heterocycles. The maximum absolute atomic E-state index is 2.63. The zero-order valence-corrected chi connectivity index (χ0v) is 15.4. The molecule has 3 rings (SSSR count). The van der Waals surface area contributed by atoms with Crippen LogP contribution < -0.4 is 0 Å². The fourth-order valence-corrected chi connectivity index (χ4v) is 11.5. The minimum atomic E-state index is -1.70. The number of hydrogen-bond acceptors (Lipinski definition) is 0. The summed E-state index contributed by atoms with van der Waals surface area (Å²) >= 11 is -1.70. The Bertz CT molecular complexity index is 468. The molecule has 0 amide bonds. The fraction of sp³-hybridized carbons (Fsp3) is 0.600. The molecule has 2 aliphatic carbocycles. The Hall–Kier alpha value is -0.326. The summed E-state index contributed by atoms with van der Waals surface area (Å²) in [6, 6.07) is 0. The molecule has 0 bridgehead atoms. The molecular weight excluding hydrogens is 288 g/mol. The summed E-state index contributed by atoms with van der Waals surface area (Å²) in [6.07, 6.45) is 21.0. The van der Waals surface area contributed by atoms with E-state index >= 15 is 0 Å². The Balaban J connectivity index is 1.64. The molecule has 0 aromatic heterocycles. The zero-order chi connectivity index (χ0) is 14.7. The van der Waals surface area contributed by atoms with E-state index < -0.39 is 16.6 Å². The van der Waals surface area contributed by atoms with Crippen molar-refractivity contribution in [1.29, 1.82) is 0 Å². The van der Waals surface area contributed by atoms with Crippen LogP contribution in [-0.2, 0) is 16.6 Å². The summed E-state index contributed by atoms with van der Waals surface area (Å²) in [4.78, 5) is 0. The first-order chi connectivity index (χ1) is 10.3. The predicted octanol–water partition coefficient (Wildman–Crippen LogP) is 6.80. The molecule has 1 aliphatic heterocycles. The van der Waals surface area contributed by atoms with Gasteiger partial charge >= 0.3 is 134 Å². The van der Waals surface area contributed by atoms with Gasteiger partial charge in [0, 0.05) is 0 Å². The molecule has 1 fully saturated rings. The van der Waals surface area contributed by atoms with Crippen LogP contribution in [0.15, 0.2) is 43.2 Å². The molecular formula is C20H30Ti. The summed E-state index contributed by atoms with van der Waals surface area (Å²) in [5.74, 6) is 0. The third-order valence-electron chi connectivity index (χ3n) is 5.50. The van der Waals surface area contributed by atoms with Gasteiger partial charge in [-0.2, -0.15) is 0 Å². The van der Waals surface area contributed by atoms with Crippen molar-refractivity contribution in [1.82, 2.24) is 0 Å². The molecule has 21 heavy (non-hydrogen) atoms. The summed E-state index contributed by atoms with van der Waals surface area (Å²) in [6.45, 7) is 4.60. The summed E-state index contributed by atoms with van der Waals surface area (Å²) in [5, 5.41) is 0. The Kier molecular flexibility index (Phi) is 5.07. The van der Waals surface area contributed by atoms with Gasteiger partial charge in [0.15, 0.2) is 0 Å². The molecule has 0 atom stereocenters. The molecule has 1 saturated heterocycles. The third-order valence-corrected chi connectivity index (χ3v) is 12.8. The molecule has 0 aromatic carbocycles. The molecule has 0 unspecified atom stereocenters. The molecule has 0 N–H and O–H groups in total. The van der Waals surface area contributed by atoms with Crippen LogP contribution in [0.3, 0.4) is 0 Å². The summed E-state index contributed by atoms with van der Waals surface area (Å²) < 4.78 is 7.00. The monoisotopic (exact) mass is 318 g/mol. The van der Waals surface area contributed by atoms with E-state index in [-0.39, 0.29) is 0 Å². The van der Waals surface area contributed by atoms with Gasteiger partial charge in [0.2, 0.25) is 0 Å². The number of rotatable bonds is 8. The van der Waals surface area contributed by atoms with Crippen molar-refractivity contribution in [3.05, 3.63) is 43.2 Å². The predicted molar refractivity (Wildman–Crippen MR) is 90.2 cm³/mol. The van der Waals surface area contributed by atoms with E-state index in [1.807, 2.05) is 7.76 Å². The van der Waals surface area contributed by atoms with Crippen molar-refractivity contribution in [2.45, 2.75) is 74.7 Å². The van der Waals surface area contributed by atoms with Crippen LogP contribution in [0.25, 0.3) is 0 Å². The summed E-state index contributed by atoms with van der Waals surface area (Å²) in [5.41, 5.74) is 3.31. The van der Waals surface area contributed by atoms with Gasteiger partial charge in [0.25, 0.3) is 0 Å². The third kappa shape index (κ3) is 3.37. The molecule has 0 spiro atoms. The van der Waals surface area contributed by atoms with E-state index in [9.17, 15) is 0 Å². The normalized spacial score (nSPS) is 22.8. The Labute approximate surface area is 134 Å². The van der Waals surface area contributed by atoms with Crippen LogP contribution in [0.5, 0.6) is 0 Å². The van der Waals surface area contributed by atoms with E-state index in [0.29, 0.717) is 0 Å². The standard InChI is InChI=1S/2C9H13.C2H4.Ti/c2*1-2-3-6-9-7-4-5-8-9;1-2;/h2*7-8H,2-4,6H2,1H3;1-2H2;. The van der Waals surface area contributed by atoms with Crippen molar-refractivity contribution < 1.29 is 16.6 Å². The number of unbranched alkanes of at least 4 members (excludes halogenated alkanes) is 2. The van der Waals surface area contributed by atoms with Crippen LogP contribution in [0, 0.1) is 0 Å². The van der Waals surface area contributed by atoms with Gasteiger partial charge in [0.1, 0.15) is 0 Å². The molecule has 114 valence electrons. The van der Waals surface area contributed by atoms with E-state index in [1.54, 1.807) is 20.6 Å². The van der Waals surface area contributed by atoms with Crippen molar-refractivity contribution in [3.63, 3.8) is 0 Å². The van der Waals surface area contributed by atoms with Gasteiger partial charge in [-0.15, -0.1) is 0 Å². The fourth-order valence-electron chi connectivity index (χ4n) is 3.92. The first-order valence-corrected chi connectivity index (χ1v) is 12.9. The van der Waals surface area contributed by atoms with E-state index in [0.717, 1.165) is 0 Å². The minimum absolute atomic E-state index is 1.31. The van der Waals surface area contributed by atoms with E-state index in [4.69, 9.17) is 0 Å². The van der Waals surface area contributed by atoms with Crippen molar-refractivity contribution >= 4 is 0 Å². The first-order valence-electron chi connectivity index (χ1n) is 9.08. The van der Waals surface area contributed by atoms with Crippen LogP contribution in [0.1, 0.15) is 65.2 Å². The Morgan fingerprint density at radius 1 is 0.810 bits per heavy atom. The van der Waals surface area contributed by atoms with Crippen molar-refractivity contribution in [2.75, 3.05) is 0 Å². The maximum atomic E-state index is 2.63. The zero-order valence-electron chi connectivity index (χ0n) is 13.9. The van der Waals surface area contributed by atoms with Gasteiger partial charge in [0.05, 0.1) is 0 Å². The quantitative estimate of drug-likeness (QED) is 0.432. The van der Waals surface area contributed by atoms with Crippen LogP contribution in [0.4, 0.5) is 0 Å². The van der Waals surface area contributed by atoms with Crippen LogP contribution in [0.2, 0.25) is 9.45 Å². The first kappa shape index (κ1) is 15.6. The average molecular weight is 318 g/mol. The second kappa shape index (κ2) is 6.84. The molecule has 0 aromatic rings. The van der Waals surface area contributed by atoms with Crippen molar-refractivity contribution in [3.8, 4) is 0 Å². The molecule has 0 radical (unpaired) electrons. The second-order valence-corrected chi connectivity index (χ2v) is 14.0. The second-order valence-electron chi connectivity index (χ2n) is 7.09. The summed E-state index contributed by atoms with van der Waals surface area (Å²) in [7, 11) is 0. The molecule has 1 heteroatoms. The van der Waals surface area contributed by atoms with E-state index in [1.165, 1.54) is 51.4 Å². The van der Waals surface area contributed by atoms with Crippen LogP contribution in [-0.4, -0.2) is 0 Å². The van der Waals surface area contributed by atoms with Gasteiger partial charge in [-0.1, -0.05) is 0 Å². The molecule has 0 nitrogen and oxygen atoms in total. The van der Waals surface area contributed by atoms with Crippen LogP contribution >= 0.6 is 0 Å². The number of hydrogen-bond donors (Lipinski definition) is 0. The van der Waals surface area contributed by atoms with Gasteiger partial charge in [-0.25, -0.2) is 0 Å². The Morgan fingerprint density at radius 2 is 1.29 bits per heavy atom. The van der Waals surface area contributed by atoms with Gasteiger partial charge in [-0.3, -0.25) is 0 Å². The van der Waals surface area contributed by atoms with Gasteiger partial charge in [-0.05, 0) is 0 Å². The Morgan fingerprint density at radius 3 is 1.67 bits per heavy atom. The average Bonchev–Trinajstić information content (AvgIpc) is 2.97.